The summed E-state index contributed by atoms with van der Waals surface area (Å²) in [7, 11) is 0. The molecule has 0 amide bonds. The Morgan fingerprint density at radius 3 is 2.48 bits per heavy atom. The van der Waals surface area contributed by atoms with E-state index >= 15 is 0 Å². The minimum absolute atomic E-state index is 0.186. The lowest BCUT2D eigenvalue weighted by Gasteiger charge is -2.07. The molecule has 0 bridgehead atoms. The molecule has 25 heavy (non-hydrogen) atoms. The van der Waals surface area contributed by atoms with E-state index in [0.29, 0.717) is 11.4 Å². The van der Waals surface area contributed by atoms with Gasteiger partial charge in [0.05, 0.1) is 22.9 Å². The number of para-hydroxylation sites is 2. The van der Waals surface area contributed by atoms with Crippen molar-refractivity contribution in [3.63, 3.8) is 0 Å². The number of hydrazone groups is 1. The van der Waals surface area contributed by atoms with Crippen LogP contribution in [0.3, 0.4) is 0 Å². The second-order valence-corrected chi connectivity index (χ2v) is 5.74. The Morgan fingerprint density at radius 1 is 0.920 bits per heavy atom. The molecule has 4 aromatic rings. The Hall–Kier alpha value is -3.47. The van der Waals surface area contributed by atoms with Crippen molar-refractivity contribution in [3.05, 3.63) is 71.9 Å². The number of aryl methyl sites for hydroxylation is 1. The molecule has 2 N–H and O–H groups in total. The predicted molar refractivity (Wildman–Crippen MR) is 101 cm³/mol. The van der Waals surface area contributed by atoms with Crippen molar-refractivity contribution in [2.75, 3.05) is 5.43 Å². The van der Waals surface area contributed by atoms with Crippen molar-refractivity contribution < 1.29 is 5.11 Å². The van der Waals surface area contributed by atoms with E-state index < -0.39 is 0 Å². The van der Waals surface area contributed by atoms with Gasteiger partial charge in [0, 0.05) is 5.56 Å². The Labute approximate surface area is 144 Å². The lowest BCUT2D eigenvalue weighted by Crippen LogP contribution is -1.99. The highest BCUT2D eigenvalue weighted by Crippen LogP contribution is 2.25. The first kappa shape index (κ1) is 15.1. The normalized spacial score (nSPS) is 11.4. The van der Waals surface area contributed by atoms with Gasteiger partial charge in [-0.25, -0.2) is 9.97 Å². The van der Waals surface area contributed by atoms with Crippen LogP contribution in [0.1, 0.15) is 11.3 Å². The van der Waals surface area contributed by atoms with E-state index in [-0.39, 0.29) is 5.75 Å². The van der Waals surface area contributed by atoms with Gasteiger partial charge in [0.25, 0.3) is 0 Å². The van der Waals surface area contributed by atoms with Crippen molar-refractivity contribution in [1.29, 1.82) is 0 Å². The zero-order valence-electron chi connectivity index (χ0n) is 13.6. The first-order valence-electron chi connectivity index (χ1n) is 7.95. The van der Waals surface area contributed by atoms with Crippen molar-refractivity contribution in [1.82, 2.24) is 9.97 Å². The molecule has 0 spiro atoms. The number of aromatic nitrogens is 2. The summed E-state index contributed by atoms with van der Waals surface area (Å²) < 4.78 is 0. The van der Waals surface area contributed by atoms with Crippen molar-refractivity contribution in [2.45, 2.75) is 6.92 Å². The standard InChI is InChI=1S/C20H16N4O/c1-13-20(23-18-9-5-4-8-17(18)22-13)24-21-12-16-15-7-3-2-6-14(15)10-11-19(16)25/h2-12,25H,1H3,(H,23,24)/b21-12+. The van der Waals surface area contributed by atoms with Gasteiger partial charge in [-0.2, -0.15) is 5.10 Å². The van der Waals surface area contributed by atoms with Gasteiger partial charge in [0.15, 0.2) is 5.82 Å². The van der Waals surface area contributed by atoms with Crippen LogP contribution in [0, 0.1) is 6.92 Å². The number of aromatic hydroxyl groups is 1. The van der Waals surface area contributed by atoms with Crippen LogP contribution in [0.15, 0.2) is 65.8 Å². The molecule has 1 aromatic heterocycles. The summed E-state index contributed by atoms with van der Waals surface area (Å²) in [5, 5.41) is 16.4. The highest BCUT2D eigenvalue weighted by atomic mass is 16.3. The molecule has 122 valence electrons. The quantitative estimate of drug-likeness (QED) is 0.436. The molecule has 4 rings (SSSR count). The molecule has 5 nitrogen and oxygen atoms in total. The molecule has 0 aliphatic rings. The molecular weight excluding hydrogens is 312 g/mol. The molecular formula is C20H16N4O. The fraction of sp³-hybridized carbons (Fsp3) is 0.0500. The van der Waals surface area contributed by atoms with Crippen LogP contribution in [0.4, 0.5) is 5.82 Å². The number of rotatable bonds is 3. The number of hydrogen-bond donors (Lipinski definition) is 2. The van der Waals surface area contributed by atoms with E-state index in [0.717, 1.165) is 27.5 Å². The monoisotopic (exact) mass is 328 g/mol. The smallest absolute Gasteiger partial charge is 0.168 e. The average molecular weight is 328 g/mol. The van der Waals surface area contributed by atoms with Crippen LogP contribution in [0.2, 0.25) is 0 Å². The zero-order valence-corrected chi connectivity index (χ0v) is 13.6. The van der Waals surface area contributed by atoms with Crippen LogP contribution < -0.4 is 5.43 Å². The minimum Gasteiger partial charge on any atom is -0.507 e. The number of nitrogens with zero attached hydrogens (tertiary/aromatic N) is 3. The fourth-order valence-corrected chi connectivity index (χ4v) is 2.77. The van der Waals surface area contributed by atoms with Crippen molar-refractivity contribution in [3.8, 4) is 5.75 Å². The highest BCUT2D eigenvalue weighted by molar-refractivity contribution is 6.02. The fourth-order valence-electron chi connectivity index (χ4n) is 2.77. The van der Waals surface area contributed by atoms with Crippen LogP contribution in [-0.2, 0) is 0 Å². The maximum atomic E-state index is 10.2. The van der Waals surface area contributed by atoms with Crippen LogP contribution in [0.5, 0.6) is 5.75 Å². The first-order chi connectivity index (χ1) is 12.2. The largest absolute Gasteiger partial charge is 0.507 e. The third-order valence-electron chi connectivity index (χ3n) is 4.06. The maximum absolute atomic E-state index is 10.2. The highest BCUT2D eigenvalue weighted by Gasteiger charge is 2.06. The van der Waals surface area contributed by atoms with E-state index in [1.807, 2.05) is 61.5 Å². The van der Waals surface area contributed by atoms with Crippen molar-refractivity contribution in [2.24, 2.45) is 5.10 Å². The predicted octanol–water partition coefficient (Wildman–Crippen LogP) is 4.24. The zero-order chi connectivity index (χ0) is 17.2. The summed E-state index contributed by atoms with van der Waals surface area (Å²) in [6, 6.07) is 19.1. The van der Waals surface area contributed by atoms with Gasteiger partial charge in [-0.05, 0) is 35.9 Å². The van der Waals surface area contributed by atoms with E-state index in [1.54, 1.807) is 12.3 Å². The molecule has 0 radical (unpaired) electrons. The second-order valence-electron chi connectivity index (χ2n) is 5.74. The summed E-state index contributed by atoms with van der Waals surface area (Å²) in [5.41, 5.74) is 6.01. The molecule has 0 saturated heterocycles. The number of anilines is 1. The van der Waals surface area contributed by atoms with Gasteiger partial charge in [0.1, 0.15) is 5.75 Å². The van der Waals surface area contributed by atoms with Gasteiger partial charge < -0.3 is 5.11 Å². The molecule has 3 aromatic carbocycles. The Kier molecular flexibility index (Phi) is 3.74. The lowest BCUT2D eigenvalue weighted by atomic mass is 10.0. The number of nitrogens with one attached hydrogen (secondary N) is 1. The lowest BCUT2D eigenvalue weighted by molar-refractivity contribution is 0.475. The SMILES string of the molecule is Cc1nc2ccccc2nc1N/N=C/c1c(O)ccc2ccccc12. The molecule has 0 unspecified atom stereocenters. The molecule has 5 heteroatoms. The summed E-state index contributed by atoms with van der Waals surface area (Å²) in [4.78, 5) is 9.06. The first-order valence-corrected chi connectivity index (χ1v) is 7.95. The summed E-state index contributed by atoms with van der Waals surface area (Å²) in [5.74, 6) is 0.778. The average Bonchev–Trinajstić information content (AvgIpc) is 2.64. The van der Waals surface area contributed by atoms with Gasteiger partial charge in [-0.3, -0.25) is 5.43 Å². The van der Waals surface area contributed by atoms with Crippen molar-refractivity contribution >= 4 is 33.8 Å². The van der Waals surface area contributed by atoms with E-state index in [4.69, 9.17) is 0 Å². The topological polar surface area (TPSA) is 70.4 Å². The summed E-state index contributed by atoms with van der Waals surface area (Å²) in [6.07, 6.45) is 1.61. The van der Waals surface area contributed by atoms with Crippen LogP contribution >= 0.6 is 0 Å². The van der Waals surface area contributed by atoms with Gasteiger partial charge in [-0.1, -0.05) is 42.5 Å². The molecule has 0 aliphatic carbocycles. The summed E-state index contributed by atoms with van der Waals surface area (Å²) >= 11 is 0. The van der Waals surface area contributed by atoms with E-state index in [2.05, 4.69) is 20.5 Å². The Bertz CT molecular complexity index is 1110. The molecule has 1 heterocycles. The van der Waals surface area contributed by atoms with Gasteiger partial charge >= 0.3 is 0 Å². The minimum atomic E-state index is 0.186. The Morgan fingerprint density at radius 2 is 1.64 bits per heavy atom. The van der Waals surface area contributed by atoms with E-state index in [1.165, 1.54) is 0 Å². The molecule has 0 fully saturated rings. The number of hydrogen-bond acceptors (Lipinski definition) is 5. The van der Waals surface area contributed by atoms with Gasteiger partial charge in [0.2, 0.25) is 0 Å². The maximum Gasteiger partial charge on any atom is 0.168 e. The van der Waals surface area contributed by atoms with Crippen LogP contribution in [-0.4, -0.2) is 21.3 Å². The van der Waals surface area contributed by atoms with Crippen LogP contribution in [0.25, 0.3) is 21.8 Å². The Balaban J connectivity index is 1.68. The third-order valence-corrected chi connectivity index (χ3v) is 4.06. The molecule has 0 aliphatic heterocycles. The molecule has 0 saturated carbocycles. The van der Waals surface area contributed by atoms with E-state index in [9.17, 15) is 5.11 Å². The number of fused-ring (bicyclic) bond motifs is 2. The number of phenols is 1. The summed E-state index contributed by atoms with van der Waals surface area (Å²) in [6.45, 7) is 1.88. The molecule has 0 atom stereocenters. The second kappa shape index (κ2) is 6.20. The van der Waals surface area contributed by atoms with Gasteiger partial charge in [-0.15, -0.1) is 0 Å². The number of phenolic OH excluding ortho intramolecular Hbond substituents is 1. The number of benzene rings is 3. The third kappa shape index (κ3) is 2.87.